The van der Waals surface area contributed by atoms with Gasteiger partial charge in [0.1, 0.15) is 5.60 Å². The number of carboxylic acid groups (broad SMARTS) is 1. The van der Waals surface area contributed by atoms with E-state index in [1.54, 1.807) is 39.0 Å². The summed E-state index contributed by atoms with van der Waals surface area (Å²) in [6.07, 6.45) is -3.81. The monoisotopic (exact) mass is 324 g/mol. The van der Waals surface area contributed by atoms with Gasteiger partial charge in [-0.1, -0.05) is 30.3 Å². The average molecular weight is 324 g/mol. The van der Waals surface area contributed by atoms with Gasteiger partial charge < -0.3 is 19.3 Å². The van der Waals surface area contributed by atoms with Gasteiger partial charge in [0.2, 0.25) is 6.10 Å². The van der Waals surface area contributed by atoms with Crippen LogP contribution in [0.15, 0.2) is 30.3 Å². The SMILES string of the molecule is CC(OC(=O)OC(C)(C)C)C(=O)OC(C(=O)O)c1ccccc1. The van der Waals surface area contributed by atoms with Crippen LogP contribution >= 0.6 is 0 Å². The van der Waals surface area contributed by atoms with Crippen LogP contribution < -0.4 is 0 Å². The Labute approximate surface area is 134 Å². The van der Waals surface area contributed by atoms with Gasteiger partial charge in [0.15, 0.2) is 6.10 Å². The molecule has 1 N–H and O–H groups in total. The fraction of sp³-hybridized carbons (Fsp3) is 0.438. The van der Waals surface area contributed by atoms with Crippen molar-refractivity contribution >= 4 is 18.1 Å². The van der Waals surface area contributed by atoms with Crippen LogP contribution in [-0.4, -0.2) is 34.9 Å². The van der Waals surface area contributed by atoms with E-state index in [9.17, 15) is 19.5 Å². The molecule has 7 heteroatoms. The highest BCUT2D eigenvalue weighted by atomic mass is 16.7. The highest BCUT2D eigenvalue weighted by Gasteiger charge is 2.29. The maximum atomic E-state index is 11.9. The zero-order chi connectivity index (χ0) is 17.6. The number of ether oxygens (including phenoxy) is 3. The van der Waals surface area contributed by atoms with Crippen LogP contribution in [0.25, 0.3) is 0 Å². The lowest BCUT2D eigenvalue weighted by atomic mass is 10.1. The molecule has 0 spiro atoms. The number of carboxylic acids is 1. The summed E-state index contributed by atoms with van der Waals surface area (Å²) in [5, 5.41) is 9.18. The lowest BCUT2D eigenvalue weighted by molar-refractivity contribution is -0.171. The molecule has 1 aromatic carbocycles. The Balaban J connectivity index is 2.69. The zero-order valence-electron chi connectivity index (χ0n) is 13.4. The molecule has 0 saturated carbocycles. The number of aliphatic carboxylic acids is 1. The molecule has 0 aliphatic heterocycles. The third kappa shape index (κ3) is 6.37. The van der Waals surface area contributed by atoms with E-state index >= 15 is 0 Å². The summed E-state index contributed by atoms with van der Waals surface area (Å²) >= 11 is 0. The van der Waals surface area contributed by atoms with Gasteiger partial charge in [0, 0.05) is 5.56 Å². The first-order chi connectivity index (χ1) is 10.6. The van der Waals surface area contributed by atoms with Crippen molar-refractivity contribution in [2.24, 2.45) is 0 Å². The fourth-order valence-corrected chi connectivity index (χ4v) is 1.57. The molecule has 0 fully saturated rings. The Hall–Kier alpha value is -2.57. The van der Waals surface area contributed by atoms with Gasteiger partial charge in [0.25, 0.3) is 0 Å². The standard InChI is InChI=1S/C16H20O7/c1-10(21-15(20)23-16(2,3)4)14(19)22-12(13(17)18)11-8-6-5-7-9-11/h5-10,12H,1-4H3,(H,17,18). The van der Waals surface area contributed by atoms with E-state index in [0.29, 0.717) is 5.56 Å². The van der Waals surface area contributed by atoms with Gasteiger partial charge >= 0.3 is 18.1 Å². The molecule has 7 nitrogen and oxygen atoms in total. The minimum Gasteiger partial charge on any atom is -0.478 e. The van der Waals surface area contributed by atoms with Gasteiger partial charge in [-0.05, 0) is 27.7 Å². The van der Waals surface area contributed by atoms with Crippen molar-refractivity contribution in [3.05, 3.63) is 35.9 Å². The molecule has 2 unspecified atom stereocenters. The zero-order valence-corrected chi connectivity index (χ0v) is 13.4. The highest BCUT2D eigenvalue weighted by molar-refractivity contribution is 5.82. The Morgan fingerprint density at radius 2 is 1.61 bits per heavy atom. The predicted molar refractivity (Wildman–Crippen MR) is 79.7 cm³/mol. The summed E-state index contributed by atoms with van der Waals surface area (Å²) < 4.78 is 14.6. The van der Waals surface area contributed by atoms with Gasteiger partial charge in [-0.15, -0.1) is 0 Å². The van der Waals surface area contributed by atoms with Gasteiger partial charge in [-0.25, -0.2) is 14.4 Å². The van der Waals surface area contributed by atoms with Crippen molar-refractivity contribution in [2.75, 3.05) is 0 Å². The molecule has 0 heterocycles. The molecule has 0 amide bonds. The van der Waals surface area contributed by atoms with Crippen LogP contribution in [0.4, 0.5) is 4.79 Å². The second kappa shape index (κ2) is 7.62. The number of carbonyl (C=O) groups is 3. The van der Waals surface area contributed by atoms with Crippen molar-refractivity contribution in [3.63, 3.8) is 0 Å². The number of esters is 1. The average Bonchev–Trinajstić information content (AvgIpc) is 2.42. The first kappa shape index (κ1) is 18.5. The molecule has 0 radical (unpaired) electrons. The van der Waals surface area contributed by atoms with Crippen LogP contribution in [0.1, 0.15) is 39.4 Å². The Morgan fingerprint density at radius 1 is 1.04 bits per heavy atom. The molecule has 0 aliphatic carbocycles. The van der Waals surface area contributed by atoms with Gasteiger partial charge in [-0.2, -0.15) is 0 Å². The van der Waals surface area contributed by atoms with Gasteiger partial charge in [0.05, 0.1) is 0 Å². The molecule has 0 aliphatic rings. The first-order valence-corrected chi connectivity index (χ1v) is 6.98. The number of hydrogen-bond acceptors (Lipinski definition) is 6. The molecular weight excluding hydrogens is 304 g/mol. The predicted octanol–water partition coefficient (Wildman–Crippen LogP) is 2.70. The van der Waals surface area contributed by atoms with E-state index in [1.807, 2.05) is 0 Å². The molecule has 2 atom stereocenters. The summed E-state index contributed by atoms with van der Waals surface area (Å²) in [5.41, 5.74) is -0.466. The maximum absolute atomic E-state index is 11.9. The maximum Gasteiger partial charge on any atom is 0.509 e. The van der Waals surface area contributed by atoms with Gasteiger partial charge in [-0.3, -0.25) is 0 Å². The molecule has 0 saturated heterocycles. The highest BCUT2D eigenvalue weighted by Crippen LogP contribution is 2.19. The summed E-state index contributed by atoms with van der Waals surface area (Å²) in [6, 6.07) is 7.99. The van der Waals surface area contributed by atoms with Crippen molar-refractivity contribution in [1.82, 2.24) is 0 Å². The van der Waals surface area contributed by atoms with E-state index in [0.717, 1.165) is 0 Å². The van der Waals surface area contributed by atoms with Crippen molar-refractivity contribution in [2.45, 2.75) is 45.5 Å². The second-order valence-corrected chi connectivity index (χ2v) is 5.79. The molecule has 23 heavy (non-hydrogen) atoms. The Kier molecular flexibility index (Phi) is 6.12. The molecule has 1 rings (SSSR count). The van der Waals surface area contributed by atoms with Crippen molar-refractivity contribution in [3.8, 4) is 0 Å². The summed E-state index contributed by atoms with van der Waals surface area (Å²) in [6.45, 7) is 6.21. The van der Waals surface area contributed by atoms with E-state index in [4.69, 9.17) is 14.2 Å². The van der Waals surface area contributed by atoms with Crippen molar-refractivity contribution < 1.29 is 33.7 Å². The lowest BCUT2D eigenvalue weighted by Gasteiger charge is -2.21. The quantitative estimate of drug-likeness (QED) is 0.831. The third-order valence-corrected chi connectivity index (χ3v) is 2.56. The van der Waals surface area contributed by atoms with Crippen LogP contribution in [0.2, 0.25) is 0 Å². The second-order valence-electron chi connectivity index (χ2n) is 5.79. The number of rotatable bonds is 5. The van der Waals surface area contributed by atoms with Crippen LogP contribution in [-0.2, 0) is 23.8 Å². The third-order valence-electron chi connectivity index (χ3n) is 2.56. The van der Waals surface area contributed by atoms with E-state index in [2.05, 4.69) is 0 Å². The number of benzene rings is 1. The fourth-order valence-electron chi connectivity index (χ4n) is 1.57. The summed E-state index contributed by atoms with van der Waals surface area (Å²) in [7, 11) is 0. The summed E-state index contributed by atoms with van der Waals surface area (Å²) in [5.74, 6) is -2.30. The van der Waals surface area contributed by atoms with E-state index in [1.165, 1.54) is 19.1 Å². The Morgan fingerprint density at radius 3 is 2.09 bits per heavy atom. The van der Waals surface area contributed by atoms with E-state index < -0.39 is 35.9 Å². The topological polar surface area (TPSA) is 99.1 Å². The van der Waals surface area contributed by atoms with Crippen LogP contribution in [0.5, 0.6) is 0 Å². The largest absolute Gasteiger partial charge is 0.509 e. The lowest BCUT2D eigenvalue weighted by Crippen LogP contribution is -2.32. The first-order valence-electron chi connectivity index (χ1n) is 6.98. The smallest absolute Gasteiger partial charge is 0.478 e. The van der Waals surface area contributed by atoms with E-state index in [-0.39, 0.29) is 0 Å². The molecule has 126 valence electrons. The number of carbonyl (C=O) groups excluding carboxylic acids is 2. The molecule has 1 aromatic rings. The normalized spacial score (nSPS) is 13.6. The molecule has 0 aromatic heterocycles. The summed E-state index contributed by atoms with van der Waals surface area (Å²) in [4.78, 5) is 34.7. The minimum absolute atomic E-state index is 0.304. The Bertz CT molecular complexity index is 560. The van der Waals surface area contributed by atoms with Crippen LogP contribution in [0.3, 0.4) is 0 Å². The minimum atomic E-state index is -1.48. The number of hydrogen-bond donors (Lipinski definition) is 1. The van der Waals surface area contributed by atoms with Crippen LogP contribution in [0, 0.1) is 0 Å². The van der Waals surface area contributed by atoms with Crippen molar-refractivity contribution in [1.29, 1.82) is 0 Å². The molecule has 0 bridgehead atoms. The molecular formula is C16H20O7.